The molecule has 3 nitrogen and oxygen atoms in total. The van der Waals surface area contributed by atoms with Crippen LogP contribution in [0.2, 0.25) is 0 Å². The van der Waals surface area contributed by atoms with Crippen LogP contribution >= 0.6 is 0 Å². The van der Waals surface area contributed by atoms with E-state index in [-0.39, 0.29) is 5.75 Å². The molecule has 0 fully saturated rings. The minimum atomic E-state index is 0.267. The monoisotopic (exact) mass is 280 g/mol. The van der Waals surface area contributed by atoms with Gasteiger partial charge in [0.1, 0.15) is 17.2 Å². The molecule has 0 amide bonds. The van der Waals surface area contributed by atoms with Gasteiger partial charge in [0.25, 0.3) is 0 Å². The van der Waals surface area contributed by atoms with Gasteiger partial charge in [0, 0.05) is 10.9 Å². The summed E-state index contributed by atoms with van der Waals surface area (Å²) in [5, 5.41) is 12.3. The second kappa shape index (κ2) is 5.37. The lowest BCUT2D eigenvalue weighted by Crippen LogP contribution is -1.86. The Morgan fingerprint density at radius 2 is 1.57 bits per heavy atom. The molecule has 0 bridgehead atoms. The predicted octanol–water partition coefficient (Wildman–Crippen LogP) is 4.23. The Morgan fingerprint density at radius 1 is 0.810 bits per heavy atom. The fourth-order valence-corrected chi connectivity index (χ4v) is 2.44. The summed E-state index contributed by atoms with van der Waals surface area (Å²) < 4.78 is 10.4. The molecule has 3 rings (SSSR count). The summed E-state index contributed by atoms with van der Waals surface area (Å²) in [7, 11) is 3.26. The highest BCUT2D eigenvalue weighted by molar-refractivity contribution is 5.95. The first-order chi connectivity index (χ1) is 10.2. The third kappa shape index (κ3) is 2.38. The van der Waals surface area contributed by atoms with Crippen molar-refractivity contribution in [2.45, 2.75) is 0 Å². The maximum Gasteiger partial charge on any atom is 0.131 e. The molecule has 0 aliphatic rings. The first-order valence-corrected chi connectivity index (χ1v) is 6.67. The summed E-state index contributed by atoms with van der Waals surface area (Å²) in [6, 6.07) is 17.2. The van der Waals surface area contributed by atoms with Gasteiger partial charge in [0.15, 0.2) is 0 Å². The van der Waals surface area contributed by atoms with Crippen LogP contribution in [-0.4, -0.2) is 19.3 Å². The van der Waals surface area contributed by atoms with Gasteiger partial charge >= 0.3 is 0 Å². The Hall–Kier alpha value is -2.68. The lowest BCUT2D eigenvalue weighted by molar-refractivity contribution is 0.415. The van der Waals surface area contributed by atoms with E-state index < -0.39 is 0 Å². The van der Waals surface area contributed by atoms with Gasteiger partial charge in [-0.15, -0.1) is 0 Å². The van der Waals surface area contributed by atoms with Crippen LogP contribution in [-0.2, 0) is 0 Å². The first-order valence-electron chi connectivity index (χ1n) is 6.67. The number of benzene rings is 3. The standard InChI is InChI=1S/C18H16O3/c1-20-14-5-3-4-12(10-14)16-8-6-13-11-15(21-2)7-9-17(13)18(16)19/h3-11,19H,1-2H3. The summed E-state index contributed by atoms with van der Waals surface area (Å²) in [6.45, 7) is 0. The van der Waals surface area contributed by atoms with Crippen molar-refractivity contribution in [3.05, 3.63) is 54.6 Å². The van der Waals surface area contributed by atoms with Crippen LogP contribution in [0.1, 0.15) is 0 Å². The zero-order valence-corrected chi connectivity index (χ0v) is 12.0. The molecule has 3 aromatic rings. The van der Waals surface area contributed by atoms with Crippen LogP contribution in [0, 0.1) is 0 Å². The lowest BCUT2D eigenvalue weighted by Gasteiger charge is -2.10. The average Bonchev–Trinajstić information content (AvgIpc) is 2.55. The van der Waals surface area contributed by atoms with Gasteiger partial charge < -0.3 is 14.6 Å². The summed E-state index contributed by atoms with van der Waals surface area (Å²) in [5.74, 6) is 1.81. The Balaban J connectivity index is 2.17. The maximum atomic E-state index is 10.5. The minimum absolute atomic E-state index is 0.267. The van der Waals surface area contributed by atoms with Gasteiger partial charge in [-0.2, -0.15) is 0 Å². The minimum Gasteiger partial charge on any atom is -0.507 e. The molecule has 0 heterocycles. The van der Waals surface area contributed by atoms with Gasteiger partial charge in [0.2, 0.25) is 0 Å². The molecule has 3 heteroatoms. The smallest absolute Gasteiger partial charge is 0.131 e. The van der Waals surface area contributed by atoms with E-state index in [4.69, 9.17) is 9.47 Å². The molecule has 0 atom stereocenters. The summed E-state index contributed by atoms with van der Waals surface area (Å²) in [4.78, 5) is 0. The third-order valence-corrected chi connectivity index (χ3v) is 3.58. The number of rotatable bonds is 3. The maximum absolute atomic E-state index is 10.5. The number of aromatic hydroxyl groups is 1. The van der Waals surface area contributed by atoms with E-state index in [1.54, 1.807) is 14.2 Å². The molecule has 0 spiro atoms. The molecular weight excluding hydrogens is 264 g/mol. The second-order valence-electron chi connectivity index (χ2n) is 4.78. The molecule has 0 radical (unpaired) electrons. The van der Waals surface area contributed by atoms with E-state index in [1.807, 2.05) is 54.6 Å². The van der Waals surface area contributed by atoms with E-state index in [2.05, 4.69) is 0 Å². The van der Waals surface area contributed by atoms with Crippen molar-refractivity contribution in [1.29, 1.82) is 0 Å². The number of fused-ring (bicyclic) bond motifs is 1. The van der Waals surface area contributed by atoms with E-state index in [0.29, 0.717) is 0 Å². The van der Waals surface area contributed by atoms with E-state index in [9.17, 15) is 5.11 Å². The number of methoxy groups -OCH3 is 2. The molecule has 21 heavy (non-hydrogen) atoms. The highest BCUT2D eigenvalue weighted by Crippen LogP contribution is 2.37. The van der Waals surface area contributed by atoms with Gasteiger partial charge in [-0.25, -0.2) is 0 Å². The van der Waals surface area contributed by atoms with Crippen molar-refractivity contribution in [2.24, 2.45) is 0 Å². The summed E-state index contributed by atoms with van der Waals surface area (Å²) in [6.07, 6.45) is 0. The Morgan fingerprint density at radius 3 is 2.33 bits per heavy atom. The van der Waals surface area contributed by atoms with Gasteiger partial charge in [-0.05, 0) is 41.3 Å². The van der Waals surface area contributed by atoms with Crippen molar-refractivity contribution in [3.8, 4) is 28.4 Å². The molecule has 106 valence electrons. The summed E-state index contributed by atoms with van der Waals surface area (Å²) >= 11 is 0. The van der Waals surface area contributed by atoms with Crippen LogP contribution in [0.3, 0.4) is 0 Å². The van der Waals surface area contributed by atoms with Crippen LogP contribution in [0.4, 0.5) is 0 Å². The Labute approximate surface area is 123 Å². The number of phenolic OH excluding ortho intramolecular Hbond substituents is 1. The van der Waals surface area contributed by atoms with Gasteiger partial charge in [-0.1, -0.05) is 24.3 Å². The predicted molar refractivity (Wildman–Crippen MR) is 84.2 cm³/mol. The SMILES string of the molecule is COc1cccc(-c2ccc3cc(OC)ccc3c2O)c1. The second-order valence-corrected chi connectivity index (χ2v) is 4.78. The van der Waals surface area contributed by atoms with Crippen LogP contribution in [0.5, 0.6) is 17.2 Å². The third-order valence-electron chi connectivity index (χ3n) is 3.58. The quantitative estimate of drug-likeness (QED) is 0.780. The largest absolute Gasteiger partial charge is 0.507 e. The van der Waals surface area contributed by atoms with Gasteiger partial charge in [0.05, 0.1) is 14.2 Å². The molecule has 0 aliphatic carbocycles. The van der Waals surface area contributed by atoms with E-state index in [1.165, 1.54) is 0 Å². The molecule has 3 aromatic carbocycles. The lowest BCUT2D eigenvalue weighted by atomic mass is 9.99. The molecule has 0 saturated carbocycles. The van der Waals surface area contributed by atoms with Crippen LogP contribution in [0.25, 0.3) is 21.9 Å². The Bertz CT molecular complexity index is 794. The van der Waals surface area contributed by atoms with Crippen molar-refractivity contribution in [2.75, 3.05) is 14.2 Å². The summed E-state index contributed by atoms with van der Waals surface area (Å²) in [5.41, 5.74) is 1.70. The topological polar surface area (TPSA) is 38.7 Å². The number of ether oxygens (including phenoxy) is 2. The normalized spacial score (nSPS) is 10.6. The van der Waals surface area contributed by atoms with Crippen molar-refractivity contribution < 1.29 is 14.6 Å². The Kier molecular flexibility index (Phi) is 3.40. The van der Waals surface area contributed by atoms with Crippen molar-refractivity contribution >= 4 is 10.8 Å². The molecule has 0 aromatic heterocycles. The fourth-order valence-electron chi connectivity index (χ4n) is 2.44. The van der Waals surface area contributed by atoms with Crippen LogP contribution < -0.4 is 9.47 Å². The highest BCUT2D eigenvalue weighted by Gasteiger charge is 2.09. The first kappa shape index (κ1) is 13.3. The zero-order valence-electron chi connectivity index (χ0n) is 12.0. The molecule has 0 saturated heterocycles. The van der Waals surface area contributed by atoms with Gasteiger partial charge in [-0.3, -0.25) is 0 Å². The number of hydrogen-bond donors (Lipinski definition) is 1. The van der Waals surface area contributed by atoms with E-state index >= 15 is 0 Å². The van der Waals surface area contributed by atoms with E-state index in [0.717, 1.165) is 33.4 Å². The van der Waals surface area contributed by atoms with Crippen molar-refractivity contribution in [1.82, 2.24) is 0 Å². The van der Waals surface area contributed by atoms with Crippen molar-refractivity contribution in [3.63, 3.8) is 0 Å². The molecule has 0 aliphatic heterocycles. The molecule has 0 unspecified atom stereocenters. The number of hydrogen-bond acceptors (Lipinski definition) is 3. The number of phenols is 1. The van der Waals surface area contributed by atoms with Crippen LogP contribution in [0.15, 0.2) is 54.6 Å². The highest BCUT2D eigenvalue weighted by atomic mass is 16.5. The average molecular weight is 280 g/mol. The molecule has 1 N–H and O–H groups in total. The molecular formula is C18H16O3. The fraction of sp³-hybridized carbons (Fsp3) is 0.111. The zero-order chi connectivity index (χ0) is 14.8.